The Hall–Kier alpha value is -0.838. The first kappa shape index (κ1) is 16.5. The molecule has 1 saturated heterocycles. The van der Waals surface area contributed by atoms with Crippen LogP contribution in [0.3, 0.4) is 0 Å². The van der Waals surface area contributed by atoms with Crippen molar-refractivity contribution in [3.05, 3.63) is 43.0 Å². The van der Waals surface area contributed by atoms with Crippen molar-refractivity contribution < 1.29 is 9.31 Å². The highest BCUT2D eigenvalue weighted by atomic mass is 28.3. The first-order valence-corrected chi connectivity index (χ1v) is 10.7. The van der Waals surface area contributed by atoms with Gasteiger partial charge in [0.1, 0.15) is 0 Å². The van der Waals surface area contributed by atoms with Crippen LogP contribution in [0.4, 0.5) is 0 Å². The van der Waals surface area contributed by atoms with Gasteiger partial charge < -0.3 is 9.31 Å². The molecule has 1 fully saturated rings. The van der Waals surface area contributed by atoms with E-state index < -0.39 is 8.07 Å². The largest absolute Gasteiger partial charge is 0.462 e. The van der Waals surface area contributed by atoms with Gasteiger partial charge in [-0.2, -0.15) is 0 Å². The highest BCUT2D eigenvalue weighted by Gasteiger charge is 2.56. The van der Waals surface area contributed by atoms with Gasteiger partial charge in [0.2, 0.25) is 0 Å². The number of hydrogen-bond donors (Lipinski definition) is 0. The van der Waals surface area contributed by atoms with Gasteiger partial charge in [0, 0.05) is 5.44 Å². The monoisotopic (exact) mass is 302 g/mol. The highest BCUT2D eigenvalue weighted by molar-refractivity contribution is 6.97. The molecular formula is C17H27BO2Si. The zero-order chi connectivity index (χ0) is 15.9. The summed E-state index contributed by atoms with van der Waals surface area (Å²) in [5.41, 5.74) is -0.360. The van der Waals surface area contributed by atoms with Crippen LogP contribution >= 0.6 is 0 Å². The van der Waals surface area contributed by atoms with E-state index in [-0.39, 0.29) is 23.8 Å². The fourth-order valence-corrected chi connectivity index (χ4v) is 5.68. The van der Waals surface area contributed by atoms with Crippen LogP contribution in [0.1, 0.15) is 27.7 Å². The van der Waals surface area contributed by atoms with E-state index in [0.29, 0.717) is 0 Å². The molecular weight excluding hydrogens is 275 g/mol. The molecule has 0 bridgehead atoms. The second-order valence-corrected chi connectivity index (χ2v) is 12.2. The fraction of sp³-hybridized carbons (Fsp3) is 0.529. The molecule has 0 spiro atoms. The maximum atomic E-state index is 6.27. The SMILES string of the molecule is C=CC(B1OC(C)(C)C(C)(C)O1)[Si](C)(C)c1ccccc1. The molecule has 1 aromatic carbocycles. The molecule has 1 unspecified atom stereocenters. The third-order valence-electron chi connectivity index (χ3n) is 5.17. The predicted octanol–water partition coefficient (Wildman–Crippen LogP) is 3.79. The molecule has 0 saturated carbocycles. The lowest BCUT2D eigenvalue weighted by Crippen LogP contribution is -2.51. The Kier molecular flexibility index (Phi) is 4.26. The van der Waals surface area contributed by atoms with Crippen LogP contribution in [-0.2, 0) is 9.31 Å². The quantitative estimate of drug-likeness (QED) is 0.622. The van der Waals surface area contributed by atoms with Gasteiger partial charge >= 0.3 is 7.12 Å². The van der Waals surface area contributed by atoms with E-state index in [1.54, 1.807) is 0 Å². The van der Waals surface area contributed by atoms with Gasteiger partial charge in [-0.05, 0) is 27.7 Å². The van der Waals surface area contributed by atoms with Gasteiger partial charge in [0.15, 0.2) is 0 Å². The Bertz CT molecular complexity index is 495. The first-order valence-electron chi connectivity index (χ1n) is 7.65. The summed E-state index contributed by atoms with van der Waals surface area (Å²) >= 11 is 0. The molecule has 1 heterocycles. The van der Waals surface area contributed by atoms with Gasteiger partial charge in [0.25, 0.3) is 0 Å². The van der Waals surface area contributed by atoms with E-state index in [2.05, 4.69) is 77.7 Å². The third kappa shape index (κ3) is 2.89. The minimum Gasteiger partial charge on any atom is -0.403 e. The second-order valence-electron chi connectivity index (χ2n) is 7.47. The summed E-state index contributed by atoms with van der Waals surface area (Å²) in [6.07, 6.45) is 2.03. The lowest BCUT2D eigenvalue weighted by Gasteiger charge is -2.32. The number of allylic oxidation sites excluding steroid dienone is 1. The molecule has 0 aliphatic carbocycles. The third-order valence-corrected chi connectivity index (χ3v) is 9.17. The molecule has 1 aliphatic heterocycles. The molecule has 1 aromatic rings. The molecule has 0 amide bonds. The van der Waals surface area contributed by atoms with Crippen molar-refractivity contribution in [2.24, 2.45) is 0 Å². The van der Waals surface area contributed by atoms with Gasteiger partial charge in [-0.15, -0.1) is 6.58 Å². The normalized spacial score (nSPS) is 22.1. The minimum atomic E-state index is -1.77. The van der Waals surface area contributed by atoms with Crippen LogP contribution in [0.5, 0.6) is 0 Å². The van der Waals surface area contributed by atoms with E-state index in [4.69, 9.17) is 9.31 Å². The smallest absolute Gasteiger partial charge is 0.403 e. The summed E-state index contributed by atoms with van der Waals surface area (Å²) in [5, 5.41) is 1.41. The Balaban J connectivity index is 2.31. The van der Waals surface area contributed by atoms with Crippen molar-refractivity contribution in [2.45, 2.75) is 57.4 Å². The van der Waals surface area contributed by atoms with Crippen LogP contribution in [0.2, 0.25) is 18.5 Å². The van der Waals surface area contributed by atoms with Crippen molar-refractivity contribution >= 4 is 20.4 Å². The van der Waals surface area contributed by atoms with Crippen molar-refractivity contribution in [1.82, 2.24) is 0 Å². The summed E-state index contributed by atoms with van der Waals surface area (Å²) in [6, 6.07) is 10.7. The van der Waals surface area contributed by atoms with E-state index in [0.717, 1.165) is 0 Å². The van der Waals surface area contributed by atoms with E-state index in [1.165, 1.54) is 5.19 Å². The zero-order valence-electron chi connectivity index (χ0n) is 14.1. The highest BCUT2D eigenvalue weighted by Crippen LogP contribution is 2.42. The van der Waals surface area contributed by atoms with Crippen LogP contribution in [0.15, 0.2) is 43.0 Å². The summed E-state index contributed by atoms with van der Waals surface area (Å²) in [7, 11) is -1.98. The molecule has 2 rings (SSSR count). The maximum absolute atomic E-state index is 6.27. The van der Waals surface area contributed by atoms with Crippen LogP contribution in [0.25, 0.3) is 0 Å². The molecule has 0 radical (unpaired) electrons. The Labute approximate surface area is 130 Å². The lowest BCUT2D eigenvalue weighted by molar-refractivity contribution is 0.00578. The lowest BCUT2D eigenvalue weighted by atomic mass is 9.84. The first-order chi connectivity index (χ1) is 9.62. The molecule has 2 nitrogen and oxygen atoms in total. The molecule has 114 valence electrons. The molecule has 0 aromatic heterocycles. The van der Waals surface area contributed by atoms with Gasteiger partial charge in [-0.1, -0.05) is 54.7 Å². The summed E-state index contributed by atoms with van der Waals surface area (Å²) in [4.78, 5) is 0. The van der Waals surface area contributed by atoms with Crippen molar-refractivity contribution in [1.29, 1.82) is 0 Å². The minimum absolute atomic E-state index is 0.214. The fourth-order valence-electron chi connectivity index (χ4n) is 2.84. The molecule has 4 heteroatoms. The molecule has 1 atom stereocenters. The van der Waals surface area contributed by atoms with Crippen LogP contribution in [0, 0.1) is 0 Å². The van der Waals surface area contributed by atoms with Crippen molar-refractivity contribution in [3.63, 3.8) is 0 Å². The van der Waals surface area contributed by atoms with E-state index >= 15 is 0 Å². The van der Waals surface area contributed by atoms with Crippen LogP contribution in [-0.4, -0.2) is 26.4 Å². The topological polar surface area (TPSA) is 18.5 Å². The van der Waals surface area contributed by atoms with Crippen molar-refractivity contribution in [3.8, 4) is 0 Å². The Morgan fingerprint density at radius 1 is 1.05 bits per heavy atom. The predicted molar refractivity (Wildman–Crippen MR) is 93.6 cm³/mol. The Morgan fingerprint density at radius 3 is 1.95 bits per heavy atom. The number of hydrogen-bond acceptors (Lipinski definition) is 2. The van der Waals surface area contributed by atoms with Crippen LogP contribution < -0.4 is 5.19 Å². The average molecular weight is 302 g/mol. The standard InChI is InChI=1S/C17H27BO2Si/c1-8-15(18-19-16(2,3)17(4,5)20-18)21(6,7)14-12-10-9-11-13-14/h8-13,15H,1H2,2-7H3. The molecule has 0 N–H and O–H groups in total. The maximum Gasteiger partial charge on any atom is 0.462 e. The Morgan fingerprint density at radius 2 is 1.52 bits per heavy atom. The summed E-state index contributed by atoms with van der Waals surface area (Å²) in [5.74, 6) is 0. The summed E-state index contributed by atoms with van der Waals surface area (Å²) in [6.45, 7) is 17.2. The van der Waals surface area contributed by atoms with Gasteiger partial charge in [-0.3, -0.25) is 0 Å². The molecule has 1 aliphatic rings. The van der Waals surface area contributed by atoms with Gasteiger partial charge in [0.05, 0.1) is 19.3 Å². The number of benzene rings is 1. The summed E-state index contributed by atoms with van der Waals surface area (Å²) < 4.78 is 12.5. The zero-order valence-corrected chi connectivity index (χ0v) is 15.1. The van der Waals surface area contributed by atoms with E-state index in [9.17, 15) is 0 Å². The van der Waals surface area contributed by atoms with Gasteiger partial charge in [-0.25, -0.2) is 0 Å². The molecule has 21 heavy (non-hydrogen) atoms. The van der Waals surface area contributed by atoms with E-state index in [1.807, 2.05) is 6.08 Å². The van der Waals surface area contributed by atoms with Crippen molar-refractivity contribution in [2.75, 3.05) is 0 Å². The number of rotatable bonds is 4. The average Bonchev–Trinajstić information content (AvgIpc) is 2.59. The second kappa shape index (κ2) is 5.42.